The number of carbonyl (C=O) groups is 1. The second-order valence-electron chi connectivity index (χ2n) is 5.85. The van der Waals surface area contributed by atoms with Crippen LogP contribution in [-0.2, 0) is 14.6 Å². The summed E-state index contributed by atoms with van der Waals surface area (Å²) in [6, 6.07) is 11.3. The molecular weight excluding hydrogens is 384 g/mol. The Bertz CT molecular complexity index is 890. The lowest BCUT2D eigenvalue weighted by Gasteiger charge is -2.23. The first-order chi connectivity index (χ1) is 11.5. The molecule has 5 nitrogen and oxygen atoms in total. The quantitative estimate of drug-likeness (QED) is 0.784. The average molecular weight is 401 g/mol. The lowest BCUT2D eigenvalue weighted by atomic mass is 10.1. The van der Waals surface area contributed by atoms with E-state index in [0.29, 0.717) is 15.7 Å². The molecule has 134 valence electrons. The maximum absolute atomic E-state index is 11.5. The minimum Gasteiger partial charge on any atom is -0.478 e. The van der Waals surface area contributed by atoms with Crippen LogP contribution >= 0.6 is 23.4 Å². The predicted octanol–water partition coefficient (Wildman–Crippen LogP) is 4.14. The van der Waals surface area contributed by atoms with Crippen molar-refractivity contribution in [3.63, 3.8) is 0 Å². The van der Waals surface area contributed by atoms with Crippen LogP contribution in [0.15, 0.2) is 57.2 Å². The van der Waals surface area contributed by atoms with Crippen molar-refractivity contribution in [3.05, 3.63) is 47.5 Å². The molecule has 0 saturated carbocycles. The molecule has 0 aliphatic heterocycles. The zero-order chi connectivity index (χ0) is 18.8. The average Bonchev–Trinajstić information content (AvgIpc) is 2.49. The Morgan fingerprint density at radius 3 is 2.28 bits per heavy atom. The Morgan fingerprint density at radius 1 is 1.16 bits per heavy atom. The molecule has 0 aliphatic rings. The number of halogens is 1. The summed E-state index contributed by atoms with van der Waals surface area (Å²) in [6.45, 7) is 2.92. The van der Waals surface area contributed by atoms with Gasteiger partial charge in [-0.25, -0.2) is 13.2 Å². The van der Waals surface area contributed by atoms with Crippen molar-refractivity contribution in [2.75, 3.05) is 6.26 Å². The summed E-state index contributed by atoms with van der Waals surface area (Å²) in [5.74, 6) is -0.704. The zero-order valence-corrected chi connectivity index (χ0v) is 16.2. The smallest absolute Gasteiger partial charge is 0.347 e. The van der Waals surface area contributed by atoms with Crippen molar-refractivity contribution in [1.29, 1.82) is 0 Å². The zero-order valence-electron chi connectivity index (χ0n) is 13.8. The van der Waals surface area contributed by atoms with Crippen molar-refractivity contribution in [2.45, 2.75) is 34.1 Å². The van der Waals surface area contributed by atoms with Gasteiger partial charge in [0.1, 0.15) is 5.75 Å². The highest BCUT2D eigenvalue weighted by Crippen LogP contribution is 2.38. The third-order valence-corrected chi connectivity index (χ3v) is 5.68. The van der Waals surface area contributed by atoms with E-state index in [1.165, 1.54) is 37.7 Å². The first-order valence-corrected chi connectivity index (χ1v) is 10.3. The van der Waals surface area contributed by atoms with Gasteiger partial charge in [-0.05, 0) is 56.3 Å². The van der Waals surface area contributed by atoms with Gasteiger partial charge >= 0.3 is 5.97 Å². The van der Waals surface area contributed by atoms with Crippen LogP contribution in [0.25, 0.3) is 0 Å². The summed E-state index contributed by atoms with van der Waals surface area (Å²) in [6.07, 6.45) is 1.14. The van der Waals surface area contributed by atoms with Gasteiger partial charge in [0.05, 0.1) is 9.79 Å². The number of hydrogen-bond acceptors (Lipinski definition) is 5. The first-order valence-electron chi connectivity index (χ1n) is 7.19. The number of carboxylic acids is 1. The van der Waals surface area contributed by atoms with Crippen LogP contribution in [0, 0.1) is 0 Å². The molecule has 2 rings (SSSR count). The molecule has 0 saturated heterocycles. The number of sulfone groups is 1. The van der Waals surface area contributed by atoms with E-state index < -0.39 is 21.4 Å². The van der Waals surface area contributed by atoms with E-state index in [9.17, 15) is 18.3 Å². The van der Waals surface area contributed by atoms with Gasteiger partial charge in [0.15, 0.2) is 15.4 Å². The second kappa shape index (κ2) is 7.27. The third-order valence-electron chi connectivity index (χ3n) is 3.27. The number of carboxylic acid groups (broad SMARTS) is 1. The van der Waals surface area contributed by atoms with Crippen molar-refractivity contribution in [3.8, 4) is 5.75 Å². The Kier molecular flexibility index (Phi) is 5.71. The normalized spacial score (nSPS) is 12.0. The van der Waals surface area contributed by atoms with Crippen LogP contribution in [0.2, 0.25) is 5.02 Å². The van der Waals surface area contributed by atoms with E-state index in [4.69, 9.17) is 16.3 Å². The van der Waals surface area contributed by atoms with E-state index in [0.717, 1.165) is 11.2 Å². The van der Waals surface area contributed by atoms with E-state index >= 15 is 0 Å². The third kappa shape index (κ3) is 5.14. The Morgan fingerprint density at radius 2 is 1.76 bits per heavy atom. The van der Waals surface area contributed by atoms with Gasteiger partial charge in [-0.1, -0.05) is 23.4 Å². The van der Waals surface area contributed by atoms with Crippen LogP contribution < -0.4 is 4.74 Å². The number of rotatable bonds is 6. The highest BCUT2D eigenvalue weighted by Gasteiger charge is 2.30. The molecule has 0 radical (unpaired) electrons. The fourth-order valence-electron chi connectivity index (χ4n) is 1.85. The lowest BCUT2D eigenvalue weighted by molar-refractivity contribution is -0.152. The number of benzene rings is 2. The lowest BCUT2D eigenvalue weighted by Crippen LogP contribution is -2.38. The molecule has 0 fully saturated rings. The van der Waals surface area contributed by atoms with Gasteiger partial charge in [0.2, 0.25) is 0 Å². The summed E-state index contributed by atoms with van der Waals surface area (Å²) in [5, 5.41) is 9.71. The van der Waals surface area contributed by atoms with Gasteiger partial charge < -0.3 is 9.84 Å². The maximum atomic E-state index is 11.5. The Labute approximate surface area is 155 Å². The van der Waals surface area contributed by atoms with E-state index in [-0.39, 0.29) is 4.90 Å². The second-order valence-corrected chi connectivity index (χ2v) is 9.42. The molecule has 0 aliphatic carbocycles. The summed E-state index contributed by atoms with van der Waals surface area (Å²) in [5.41, 5.74) is -1.40. The number of hydrogen-bond donors (Lipinski definition) is 1. The molecule has 0 unspecified atom stereocenters. The molecule has 1 N–H and O–H groups in total. The largest absolute Gasteiger partial charge is 0.478 e. The maximum Gasteiger partial charge on any atom is 0.347 e. The van der Waals surface area contributed by atoms with E-state index in [1.807, 2.05) is 0 Å². The summed E-state index contributed by atoms with van der Waals surface area (Å²) < 4.78 is 28.7. The number of aliphatic carboxylic acids is 1. The fourth-order valence-corrected chi connectivity index (χ4v) is 3.64. The molecule has 0 spiro atoms. The van der Waals surface area contributed by atoms with Crippen molar-refractivity contribution in [1.82, 2.24) is 0 Å². The molecule has 2 aromatic rings. The standard InChI is InChI=1S/C17H17ClO5S2/c1-17(2,16(19)20)23-14-9-4-11(18)10-15(14)24-12-5-7-13(8-6-12)25(3,21)22/h4-10H,1-3H3,(H,19,20). The highest BCUT2D eigenvalue weighted by molar-refractivity contribution is 7.99. The van der Waals surface area contributed by atoms with Crippen LogP contribution in [0.1, 0.15) is 13.8 Å². The van der Waals surface area contributed by atoms with Gasteiger partial charge in [-0.15, -0.1) is 0 Å². The SMILES string of the molecule is CC(C)(Oc1ccc(Cl)cc1Sc1ccc(S(C)(=O)=O)cc1)C(=O)O. The Hall–Kier alpha value is -1.70. The monoisotopic (exact) mass is 400 g/mol. The van der Waals surface area contributed by atoms with E-state index in [2.05, 4.69) is 0 Å². The van der Waals surface area contributed by atoms with Gasteiger partial charge in [-0.2, -0.15) is 0 Å². The van der Waals surface area contributed by atoms with Crippen LogP contribution in [0.4, 0.5) is 0 Å². The molecule has 2 aromatic carbocycles. The van der Waals surface area contributed by atoms with E-state index in [1.54, 1.807) is 30.3 Å². The topological polar surface area (TPSA) is 80.7 Å². The first kappa shape index (κ1) is 19.6. The molecule has 0 atom stereocenters. The number of ether oxygens (including phenoxy) is 1. The fraction of sp³-hybridized carbons (Fsp3) is 0.235. The summed E-state index contributed by atoms with van der Waals surface area (Å²) in [7, 11) is -3.26. The molecule has 25 heavy (non-hydrogen) atoms. The van der Waals surface area contributed by atoms with Gasteiger partial charge in [-0.3, -0.25) is 0 Å². The predicted molar refractivity (Wildman–Crippen MR) is 97.5 cm³/mol. The minimum absolute atomic E-state index is 0.228. The van der Waals surface area contributed by atoms with Crippen LogP contribution in [0.3, 0.4) is 0 Å². The molecular formula is C17H17ClO5S2. The minimum atomic E-state index is -3.26. The molecule has 8 heteroatoms. The van der Waals surface area contributed by atoms with Crippen LogP contribution in [0.5, 0.6) is 5.75 Å². The van der Waals surface area contributed by atoms with Crippen molar-refractivity contribution in [2.24, 2.45) is 0 Å². The van der Waals surface area contributed by atoms with Crippen molar-refractivity contribution >= 4 is 39.2 Å². The van der Waals surface area contributed by atoms with Crippen LogP contribution in [-0.4, -0.2) is 31.4 Å². The van der Waals surface area contributed by atoms with Crippen molar-refractivity contribution < 1.29 is 23.1 Å². The van der Waals surface area contributed by atoms with Gasteiger partial charge in [0.25, 0.3) is 0 Å². The highest BCUT2D eigenvalue weighted by atomic mass is 35.5. The molecule has 0 heterocycles. The Balaban J connectivity index is 2.33. The summed E-state index contributed by atoms with van der Waals surface area (Å²) >= 11 is 7.34. The van der Waals surface area contributed by atoms with Gasteiger partial charge in [0, 0.05) is 16.2 Å². The molecule has 0 aromatic heterocycles. The summed E-state index contributed by atoms with van der Waals surface area (Å²) in [4.78, 5) is 12.9. The molecule has 0 amide bonds. The molecule has 0 bridgehead atoms.